The number of aromatic nitrogens is 2. The van der Waals surface area contributed by atoms with E-state index < -0.39 is 11.7 Å². The summed E-state index contributed by atoms with van der Waals surface area (Å²) in [6.45, 7) is -0.0335. The lowest BCUT2D eigenvalue weighted by molar-refractivity contribution is -0.138. The number of carbonyl (C=O) groups is 1. The van der Waals surface area contributed by atoms with Gasteiger partial charge in [-0.3, -0.25) is 9.48 Å². The van der Waals surface area contributed by atoms with Crippen molar-refractivity contribution in [3.05, 3.63) is 80.7 Å². The summed E-state index contributed by atoms with van der Waals surface area (Å²) in [5.41, 5.74) is 0.851. The molecule has 0 N–H and O–H groups in total. The molecule has 2 aromatic carbocycles. The summed E-state index contributed by atoms with van der Waals surface area (Å²) < 4.78 is 41.5. The Bertz CT molecular complexity index is 1150. The van der Waals surface area contributed by atoms with E-state index in [1.807, 2.05) is 12.1 Å². The number of thioether (sulfide) groups is 1. The quantitative estimate of drug-likeness (QED) is 0.493. The van der Waals surface area contributed by atoms with Gasteiger partial charge in [-0.1, -0.05) is 35.5 Å². The van der Waals surface area contributed by atoms with Crippen molar-refractivity contribution in [3.8, 4) is 0 Å². The van der Waals surface area contributed by atoms with Crippen molar-refractivity contribution in [2.24, 2.45) is 0 Å². The Hall–Kier alpha value is -2.51. The van der Waals surface area contributed by atoms with Gasteiger partial charge in [0.05, 0.1) is 28.7 Å². The fraction of sp³-hybridized carbons (Fsp3) is 0.100. The number of nitrogens with zero attached hydrogens (tertiary/aromatic N) is 2. The zero-order valence-electron chi connectivity index (χ0n) is 14.2. The topological polar surface area (TPSA) is 34.9 Å². The van der Waals surface area contributed by atoms with Gasteiger partial charge in [-0.25, -0.2) is 0 Å². The van der Waals surface area contributed by atoms with E-state index in [4.69, 9.17) is 11.6 Å². The molecule has 0 atom stereocenters. The first-order valence-electron chi connectivity index (χ1n) is 8.22. The molecule has 0 aliphatic carbocycles. The van der Waals surface area contributed by atoms with Gasteiger partial charge in [0.15, 0.2) is 5.78 Å². The fourth-order valence-electron chi connectivity index (χ4n) is 3.00. The van der Waals surface area contributed by atoms with Gasteiger partial charge in [0.1, 0.15) is 0 Å². The lowest BCUT2D eigenvalue weighted by Crippen LogP contribution is -2.12. The van der Waals surface area contributed by atoms with Gasteiger partial charge < -0.3 is 0 Å². The number of carbonyl (C=O) groups excluding carboxylic acids is 1. The Morgan fingerprint density at radius 1 is 1.18 bits per heavy atom. The largest absolute Gasteiger partial charge is 0.416 e. The molecule has 4 rings (SSSR count). The molecule has 0 fully saturated rings. The Morgan fingerprint density at radius 2 is 2.00 bits per heavy atom. The van der Waals surface area contributed by atoms with Crippen LogP contribution in [0.5, 0.6) is 0 Å². The van der Waals surface area contributed by atoms with Crippen molar-refractivity contribution in [2.45, 2.75) is 12.7 Å². The van der Waals surface area contributed by atoms with Crippen LogP contribution in [0.25, 0.3) is 17.0 Å². The van der Waals surface area contributed by atoms with E-state index >= 15 is 0 Å². The molecule has 0 saturated heterocycles. The molecule has 1 aliphatic rings. The number of allylic oxidation sites excluding steroid dienone is 2. The monoisotopic (exact) mass is 420 g/mol. The van der Waals surface area contributed by atoms with Crippen LogP contribution in [0.1, 0.15) is 16.7 Å². The van der Waals surface area contributed by atoms with E-state index in [1.54, 1.807) is 23.7 Å². The third kappa shape index (κ3) is 3.72. The summed E-state index contributed by atoms with van der Waals surface area (Å²) in [5, 5.41) is 6.78. The van der Waals surface area contributed by atoms with Crippen LogP contribution >= 0.6 is 23.4 Å². The van der Waals surface area contributed by atoms with Gasteiger partial charge in [-0.15, -0.1) is 0 Å². The summed E-state index contributed by atoms with van der Waals surface area (Å²) >= 11 is 7.09. The molecule has 2 heterocycles. The number of rotatable bonds is 3. The Balaban J connectivity index is 1.67. The number of halogens is 4. The molecular weight excluding hydrogens is 409 g/mol. The second-order valence-electron chi connectivity index (χ2n) is 6.21. The van der Waals surface area contributed by atoms with Gasteiger partial charge in [-0.2, -0.15) is 18.3 Å². The second-order valence-corrected chi connectivity index (χ2v) is 7.60. The Kier molecular flexibility index (Phi) is 4.81. The van der Waals surface area contributed by atoms with Crippen LogP contribution in [0.2, 0.25) is 5.02 Å². The molecule has 1 aliphatic heterocycles. The molecule has 0 spiro atoms. The van der Waals surface area contributed by atoms with Crippen LogP contribution in [-0.2, 0) is 17.5 Å². The third-order valence-corrected chi connectivity index (χ3v) is 5.40. The standard InChI is InChI=1S/C20H12ClF3N2OS/c21-15-3-2-13(16(9-15)20(22,23)24)11-26-17-4-1-12(7-14(17)10-25-26)8-19-18(27)5-6-28-19/h1-10H,11H2. The molecule has 3 nitrogen and oxygen atoms in total. The van der Waals surface area contributed by atoms with Gasteiger partial charge in [0.25, 0.3) is 0 Å². The van der Waals surface area contributed by atoms with Gasteiger partial charge >= 0.3 is 6.18 Å². The van der Waals surface area contributed by atoms with E-state index in [9.17, 15) is 18.0 Å². The highest BCUT2D eigenvalue weighted by molar-refractivity contribution is 8.07. The van der Waals surface area contributed by atoms with Crippen LogP contribution in [0.4, 0.5) is 13.2 Å². The normalized spacial score (nSPS) is 15.9. The third-order valence-electron chi connectivity index (χ3n) is 4.32. The van der Waals surface area contributed by atoms with Crippen LogP contribution in [0, 0.1) is 0 Å². The smallest absolute Gasteiger partial charge is 0.289 e. The minimum absolute atomic E-state index is 0.0335. The molecule has 142 valence electrons. The van der Waals surface area contributed by atoms with Crippen molar-refractivity contribution in [3.63, 3.8) is 0 Å². The highest BCUT2D eigenvalue weighted by Gasteiger charge is 2.33. The molecule has 0 amide bonds. The Morgan fingerprint density at radius 3 is 2.71 bits per heavy atom. The SMILES string of the molecule is O=C1C=CSC1=Cc1ccc2c(cnn2Cc2ccc(Cl)cc2C(F)(F)F)c1. The molecule has 3 aromatic rings. The van der Waals surface area contributed by atoms with Crippen molar-refractivity contribution < 1.29 is 18.0 Å². The second kappa shape index (κ2) is 7.14. The van der Waals surface area contributed by atoms with Crippen molar-refractivity contribution >= 4 is 46.1 Å². The van der Waals surface area contributed by atoms with Crippen molar-refractivity contribution in [1.82, 2.24) is 9.78 Å². The molecule has 0 bridgehead atoms. The maximum Gasteiger partial charge on any atom is 0.416 e. The van der Waals surface area contributed by atoms with E-state index in [-0.39, 0.29) is 22.9 Å². The van der Waals surface area contributed by atoms with E-state index in [1.165, 1.54) is 34.7 Å². The van der Waals surface area contributed by atoms with Gasteiger partial charge in [0.2, 0.25) is 0 Å². The van der Waals surface area contributed by atoms with Crippen LogP contribution < -0.4 is 0 Å². The maximum absolute atomic E-state index is 13.3. The minimum atomic E-state index is -4.50. The first-order valence-corrected chi connectivity index (χ1v) is 9.47. The van der Waals surface area contributed by atoms with E-state index in [0.717, 1.165) is 17.0 Å². The zero-order chi connectivity index (χ0) is 19.9. The van der Waals surface area contributed by atoms with Gasteiger partial charge in [-0.05, 0) is 53.0 Å². The first kappa shape index (κ1) is 18.8. The number of fused-ring (bicyclic) bond motifs is 1. The average Bonchev–Trinajstić information content (AvgIpc) is 3.22. The number of benzene rings is 2. The van der Waals surface area contributed by atoms with Crippen molar-refractivity contribution in [1.29, 1.82) is 0 Å². The predicted molar refractivity (Wildman–Crippen MR) is 105 cm³/mol. The van der Waals surface area contributed by atoms with Crippen molar-refractivity contribution in [2.75, 3.05) is 0 Å². The lowest BCUT2D eigenvalue weighted by atomic mass is 10.1. The highest BCUT2D eigenvalue weighted by atomic mass is 35.5. The fourth-order valence-corrected chi connectivity index (χ4v) is 3.90. The molecule has 0 radical (unpaired) electrons. The number of alkyl halides is 3. The average molecular weight is 421 g/mol. The first-order chi connectivity index (χ1) is 13.3. The van der Waals surface area contributed by atoms with Crippen LogP contribution in [0.3, 0.4) is 0 Å². The molecular formula is C20H12ClF3N2OS. The van der Waals surface area contributed by atoms with Crippen LogP contribution in [0.15, 0.2) is 59.0 Å². The predicted octanol–water partition coefficient (Wildman–Crippen LogP) is 5.93. The maximum atomic E-state index is 13.3. The molecule has 0 unspecified atom stereocenters. The number of ketones is 1. The number of hydrogen-bond acceptors (Lipinski definition) is 3. The Labute approximate surface area is 167 Å². The number of hydrogen-bond donors (Lipinski definition) is 0. The highest BCUT2D eigenvalue weighted by Crippen LogP contribution is 2.34. The molecule has 8 heteroatoms. The zero-order valence-corrected chi connectivity index (χ0v) is 15.8. The summed E-state index contributed by atoms with van der Waals surface area (Å²) in [7, 11) is 0. The molecule has 1 aromatic heterocycles. The summed E-state index contributed by atoms with van der Waals surface area (Å²) in [6, 6.07) is 9.18. The lowest BCUT2D eigenvalue weighted by Gasteiger charge is -2.14. The minimum Gasteiger partial charge on any atom is -0.289 e. The van der Waals surface area contributed by atoms with E-state index in [0.29, 0.717) is 10.4 Å². The summed E-state index contributed by atoms with van der Waals surface area (Å²) in [6.07, 6.45) is 0.395. The summed E-state index contributed by atoms with van der Waals surface area (Å²) in [5.74, 6) is -0.0387. The van der Waals surface area contributed by atoms with E-state index in [2.05, 4.69) is 5.10 Å². The van der Waals surface area contributed by atoms with Gasteiger partial charge in [0, 0.05) is 10.4 Å². The molecule has 28 heavy (non-hydrogen) atoms. The molecule has 0 saturated carbocycles. The summed E-state index contributed by atoms with van der Waals surface area (Å²) in [4.78, 5) is 12.3. The van der Waals surface area contributed by atoms with Crippen LogP contribution in [-0.4, -0.2) is 15.6 Å².